The molecule has 0 radical (unpaired) electrons. The van der Waals surface area contributed by atoms with Crippen LogP contribution in [-0.2, 0) is 0 Å². The van der Waals surface area contributed by atoms with Gasteiger partial charge in [0, 0.05) is 11.3 Å². The summed E-state index contributed by atoms with van der Waals surface area (Å²) in [5.74, 6) is 0. The third-order valence-corrected chi connectivity index (χ3v) is 3.46. The van der Waals surface area contributed by atoms with Crippen LogP contribution in [0.15, 0.2) is 10.6 Å². The molecule has 0 saturated carbocycles. The van der Waals surface area contributed by atoms with E-state index in [1.807, 2.05) is 11.8 Å². The summed E-state index contributed by atoms with van der Waals surface area (Å²) in [5.41, 5.74) is 0.760. The predicted molar refractivity (Wildman–Crippen MR) is 48.7 cm³/mol. The maximum Gasteiger partial charge on any atom is 0.131 e. The van der Waals surface area contributed by atoms with Gasteiger partial charge in [0.15, 0.2) is 0 Å². The van der Waals surface area contributed by atoms with E-state index >= 15 is 0 Å². The van der Waals surface area contributed by atoms with Crippen LogP contribution in [0.1, 0.15) is 13.3 Å². The number of rotatable bonds is 0. The van der Waals surface area contributed by atoms with Crippen molar-refractivity contribution in [2.45, 2.75) is 18.7 Å². The van der Waals surface area contributed by atoms with E-state index in [0.29, 0.717) is 5.37 Å². The Bertz CT molecular complexity index is 300. The lowest BCUT2D eigenvalue weighted by Gasteiger charge is -2.36. The molecule has 2 heterocycles. The monoisotopic (exact) mass is 182 g/mol. The summed E-state index contributed by atoms with van der Waals surface area (Å²) in [6.45, 7) is 1.98. The predicted octanol–water partition coefficient (Wildman–Crippen LogP) is 1.85. The van der Waals surface area contributed by atoms with Crippen molar-refractivity contribution in [3.8, 4) is 6.07 Å². The normalized spacial score (nSPS) is 28.2. The molecule has 11 heavy (non-hydrogen) atoms. The van der Waals surface area contributed by atoms with E-state index in [-0.39, 0.29) is 0 Å². The van der Waals surface area contributed by atoms with Crippen molar-refractivity contribution in [1.29, 1.82) is 5.26 Å². The van der Waals surface area contributed by atoms with Gasteiger partial charge in [0.1, 0.15) is 11.8 Å². The third-order valence-electron chi connectivity index (χ3n) is 1.90. The molecule has 2 aliphatic heterocycles. The largest absolute Gasteiger partial charge is 0.313 e. The van der Waals surface area contributed by atoms with Crippen molar-refractivity contribution in [3.05, 3.63) is 10.6 Å². The molecule has 0 unspecified atom stereocenters. The van der Waals surface area contributed by atoms with Gasteiger partial charge in [-0.2, -0.15) is 5.26 Å². The SMILES string of the molecule is CC1=C(C#N)N2C(=S)C[C@H]2S1. The molecule has 0 N–H and O–H groups in total. The van der Waals surface area contributed by atoms with Gasteiger partial charge in [-0.15, -0.1) is 11.8 Å². The van der Waals surface area contributed by atoms with Crippen LogP contribution in [0.5, 0.6) is 0 Å². The molecule has 1 atom stereocenters. The van der Waals surface area contributed by atoms with Crippen LogP contribution in [0.4, 0.5) is 0 Å². The second-order valence-electron chi connectivity index (χ2n) is 2.56. The smallest absolute Gasteiger partial charge is 0.131 e. The first-order valence-corrected chi connectivity index (χ1v) is 4.62. The highest BCUT2D eigenvalue weighted by Crippen LogP contribution is 2.45. The Morgan fingerprint density at radius 3 is 3.00 bits per heavy atom. The minimum atomic E-state index is 0.442. The molecule has 2 aliphatic rings. The minimum Gasteiger partial charge on any atom is -0.313 e. The summed E-state index contributed by atoms with van der Waals surface area (Å²) < 4.78 is 0. The maximum atomic E-state index is 8.75. The molecule has 0 aromatic carbocycles. The van der Waals surface area contributed by atoms with Gasteiger partial charge in [-0.1, -0.05) is 12.2 Å². The summed E-state index contributed by atoms with van der Waals surface area (Å²) >= 11 is 6.79. The standard InChI is InChI=1S/C7H6N2S2/c1-4-5(3-8)9-6(10)2-7(9)11-4/h7H,2H2,1H3/t7-/m1/s1. The van der Waals surface area contributed by atoms with Gasteiger partial charge < -0.3 is 4.90 Å². The van der Waals surface area contributed by atoms with E-state index in [2.05, 4.69) is 6.07 Å². The fraction of sp³-hybridized carbons (Fsp3) is 0.429. The zero-order chi connectivity index (χ0) is 8.01. The van der Waals surface area contributed by atoms with Crippen LogP contribution < -0.4 is 0 Å². The number of allylic oxidation sites excluding steroid dienone is 2. The van der Waals surface area contributed by atoms with Crippen molar-refractivity contribution < 1.29 is 0 Å². The number of thioether (sulfide) groups is 1. The molecule has 2 nitrogen and oxygen atoms in total. The first-order valence-electron chi connectivity index (χ1n) is 3.33. The Morgan fingerprint density at radius 2 is 2.55 bits per heavy atom. The third kappa shape index (κ3) is 0.815. The Kier molecular flexibility index (Phi) is 1.44. The van der Waals surface area contributed by atoms with Crippen LogP contribution in [0.3, 0.4) is 0 Å². The van der Waals surface area contributed by atoms with Gasteiger partial charge in [-0.25, -0.2) is 0 Å². The average molecular weight is 182 g/mol. The molecule has 56 valence electrons. The highest BCUT2D eigenvalue weighted by atomic mass is 32.2. The van der Waals surface area contributed by atoms with Crippen LogP contribution in [0.2, 0.25) is 0 Å². The number of hydrogen-bond donors (Lipinski definition) is 0. The fourth-order valence-electron chi connectivity index (χ4n) is 1.31. The number of nitriles is 1. The summed E-state index contributed by atoms with van der Waals surface area (Å²) in [7, 11) is 0. The van der Waals surface area contributed by atoms with Crippen LogP contribution in [0, 0.1) is 11.3 Å². The molecule has 1 saturated heterocycles. The summed E-state index contributed by atoms with van der Waals surface area (Å²) in [4.78, 5) is 3.98. The topological polar surface area (TPSA) is 27.0 Å². The lowest BCUT2D eigenvalue weighted by molar-refractivity contribution is 0.439. The number of fused-ring (bicyclic) bond motifs is 1. The van der Waals surface area contributed by atoms with Crippen LogP contribution in [-0.4, -0.2) is 15.3 Å². The average Bonchev–Trinajstić information content (AvgIpc) is 2.22. The van der Waals surface area contributed by atoms with E-state index in [1.54, 1.807) is 11.8 Å². The van der Waals surface area contributed by atoms with Gasteiger partial charge in [0.25, 0.3) is 0 Å². The molecule has 0 aromatic heterocycles. The van der Waals surface area contributed by atoms with E-state index in [4.69, 9.17) is 17.5 Å². The van der Waals surface area contributed by atoms with Gasteiger partial charge in [0.05, 0.1) is 10.4 Å². The van der Waals surface area contributed by atoms with Crippen molar-refractivity contribution in [1.82, 2.24) is 4.90 Å². The molecule has 0 aromatic rings. The Hall–Kier alpha value is -0.530. The summed E-state index contributed by atoms with van der Waals surface area (Å²) in [6, 6.07) is 2.17. The van der Waals surface area contributed by atoms with Crippen molar-refractivity contribution in [2.24, 2.45) is 0 Å². The van der Waals surface area contributed by atoms with Gasteiger partial charge in [-0.05, 0) is 6.92 Å². The quantitative estimate of drug-likeness (QED) is 0.534. The number of nitrogens with zero attached hydrogens (tertiary/aromatic N) is 2. The molecule has 4 heteroatoms. The molecule has 2 rings (SSSR count). The zero-order valence-corrected chi connectivity index (χ0v) is 7.63. The second kappa shape index (κ2) is 2.23. The second-order valence-corrected chi connectivity index (χ2v) is 4.42. The van der Waals surface area contributed by atoms with E-state index < -0.39 is 0 Å². The highest BCUT2D eigenvalue weighted by molar-refractivity contribution is 8.04. The van der Waals surface area contributed by atoms with Gasteiger partial charge in [-0.3, -0.25) is 0 Å². The van der Waals surface area contributed by atoms with E-state index in [9.17, 15) is 0 Å². The molecule has 0 spiro atoms. The molecular weight excluding hydrogens is 176 g/mol. The zero-order valence-electron chi connectivity index (χ0n) is 6.00. The van der Waals surface area contributed by atoms with Crippen molar-refractivity contribution in [3.63, 3.8) is 0 Å². The summed E-state index contributed by atoms with van der Waals surface area (Å²) in [5, 5.41) is 9.20. The lowest BCUT2D eigenvalue weighted by Crippen LogP contribution is -2.45. The Labute approximate surface area is 74.9 Å². The molecule has 0 bridgehead atoms. The van der Waals surface area contributed by atoms with Crippen molar-refractivity contribution >= 4 is 29.0 Å². The molecule has 1 fully saturated rings. The Balaban J connectivity index is 2.35. The first kappa shape index (κ1) is 7.14. The minimum absolute atomic E-state index is 0.442. The van der Waals surface area contributed by atoms with Crippen molar-refractivity contribution in [2.75, 3.05) is 0 Å². The number of hydrogen-bond acceptors (Lipinski definition) is 3. The van der Waals surface area contributed by atoms with E-state index in [1.165, 1.54) is 0 Å². The lowest BCUT2D eigenvalue weighted by atomic mass is 10.2. The maximum absolute atomic E-state index is 8.75. The molecule has 0 aliphatic carbocycles. The van der Waals surface area contributed by atoms with Crippen LogP contribution in [0.25, 0.3) is 0 Å². The first-order chi connectivity index (χ1) is 5.24. The molecule has 0 amide bonds. The number of thiocarbonyl (C=S) groups is 1. The Morgan fingerprint density at radius 1 is 1.82 bits per heavy atom. The fourth-order valence-corrected chi connectivity index (χ4v) is 3.10. The highest BCUT2D eigenvalue weighted by Gasteiger charge is 2.41. The van der Waals surface area contributed by atoms with Gasteiger partial charge >= 0.3 is 0 Å². The van der Waals surface area contributed by atoms with E-state index in [0.717, 1.165) is 22.0 Å². The van der Waals surface area contributed by atoms with Gasteiger partial charge in [0.2, 0.25) is 0 Å². The van der Waals surface area contributed by atoms with Crippen LogP contribution >= 0.6 is 24.0 Å². The summed E-state index contributed by atoms with van der Waals surface area (Å²) in [6.07, 6.45) is 0.961. The molecular formula is C7H6N2S2.